The molecule has 0 saturated heterocycles. The summed E-state index contributed by atoms with van der Waals surface area (Å²) in [7, 11) is 3.27. The second-order valence-corrected chi connectivity index (χ2v) is 6.63. The predicted octanol–water partition coefficient (Wildman–Crippen LogP) is 3.48. The molecule has 0 heterocycles. The van der Waals surface area contributed by atoms with E-state index in [-0.39, 0.29) is 0 Å². The Balaban J connectivity index is 2.18. The summed E-state index contributed by atoms with van der Waals surface area (Å²) in [6.07, 6.45) is 0. The van der Waals surface area contributed by atoms with E-state index in [1.807, 2.05) is 50.2 Å². The summed E-state index contributed by atoms with van der Waals surface area (Å²) in [5.74, 6) is 1.44. The molecular weight excluding hydrogens is 302 g/mol. The van der Waals surface area contributed by atoms with E-state index in [2.05, 4.69) is 17.0 Å². The zero-order valence-electron chi connectivity index (χ0n) is 15.0. The number of rotatable bonds is 8. The van der Waals surface area contributed by atoms with Crippen molar-refractivity contribution >= 4 is 0 Å². The highest BCUT2D eigenvalue weighted by Crippen LogP contribution is 2.28. The van der Waals surface area contributed by atoms with Crippen molar-refractivity contribution in [3.63, 3.8) is 0 Å². The molecule has 2 aromatic carbocycles. The summed E-state index contributed by atoms with van der Waals surface area (Å²) in [5.41, 5.74) is 1.58. The zero-order chi connectivity index (χ0) is 17.6. The van der Waals surface area contributed by atoms with Gasteiger partial charge in [-0.2, -0.15) is 0 Å². The van der Waals surface area contributed by atoms with Crippen LogP contribution in [0.3, 0.4) is 0 Å². The van der Waals surface area contributed by atoms with Gasteiger partial charge in [-0.3, -0.25) is 4.90 Å². The maximum atomic E-state index is 10.2. The lowest BCUT2D eigenvalue weighted by Gasteiger charge is -2.29. The van der Waals surface area contributed by atoms with E-state index in [1.165, 1.54) is 5.56 Å². The molecule has 0 aliphatic heterocycles. The van der Waals surface area contributed by atoms with Crippen molar-refractivity contribution < 1.29 is 14.6 Å². The highest BCUT2D eigenvalue weighted by Gasteiger charge is 2.19. The van der Waals surface area contributed by atoms with Gasteiger partial charge in [-0.05, 0) is 37.1 Å². The monoisotopic (exact) mass is 329 g/mol. The zero-order valence-corrected chi connectivity index (χ0v) is 15.0. The number of hydrogen-bond acceptors (Lipinski definition) is 4. The summed E-state index contributed by atoms with van der Waals surface area (Å²) in [6, 6.07) is 16.2. The molecule has 2 aromatic rings. The third-order valence-electron chi connectivity index (χ3n) is 3.71. The molecule has 2 rings (SSSR count). The van der Waals surface area contributed by atoms with Crippen molar-refractivity contribution in [3.05, 3.63) is 59.7 Å². The molecule has 0 aliphatic carbocycles. The van der Waals surface area contributed by atoms with Gasteiger partial charge < -0.3 is 14.6 Å². The molecule has 0 atom stereocenters. The van der Waals surface area contributed by atoms with Gasteiger partial charge in [0.1, 0.15) is 0 Å². The van der Waals surface area contributed by atoms with Crippen LogP contribution in [-0.2, 0) is 13.1 Å². The maximum absolute atomic E-state index is 10.2. The minimum atomic E-state index is -0.759. The van der Waals surface area contributed by atoms with E-state index in [0.717, 1.165) is 30.2 Å². The van der Waals surface area contributed by atoms with E-state index in [0.29, 0.717) is 6.54 Å². The summed E-state index contributed by atoms with van der Waals surface area (Å²) in [6.45, 7) is 5.74. The average molecular weight is 329 g/mol. The van der Waals surface area contributed by atoms with Gasteiger partial charge in [-0.25, -0.2) is 0 Å². The molecule has 130 valence electrons. The van der Waals surface area contributed by atoms with Crippen molar-refractivity contribution in [1.82, 2.24) is 4.90 Å². The summed E-state index contributed by atoms with van der Waals surface area (Å²) in [5, 5.41) is 10.2. The van der Waals surface area contributed by atoms with E-state index >= 15 is 0 Å². The molecule has 0 saturated carbocycles. The number of ether oxygens (including phenoxy) is 2. The van der Waals surface area contributed by atoms with Gasteiger partial charge in [0.25, 0.3) is 0 Å². The van der Waals surface area contributed by atoms with Gasteiger partial charge in [0.15, 0.2) is 11.5 Å². The fourth-order valence-corrected chi connectivity index (χ4v) is 2.79. The SMILES string of the molecule is COc1ccc(CN(Cc2ccccc2)CC(C)(C)O)cc1OC. The summed E-state index contributed by atoms with van der Waals surface area (Å²) in [4.78, 5) is 2.23. The Hall–Kier alpha value is -2.04. The van der Waals surface area contributed by atoms with Crippen molar-refractivity contribution in [2.45, 2.75) is 32.5 Å². The van der Waals surface area contributed by atoms with Gasteiger partial charge >= 0.3 is 0 Å². The molecule has 4 heteroatoms. The van der Waals surface area contributed by atoms with Gasteiger partial charge in [-0.15, -0.1) is 0 Å². The second-order valence-electron chi connectivity index (χ2n) is 6.63. The molecule has 0 bridgehead atoms. The molecule has 0 radical (unpaired) electrons. The summed E-state index contributed by atoms with van der Waals surface area (Å²) >= 11 is 0. The second kappa shape index (κ2) is 8.18. The van der Waals surface area contributed by atoms with Crippen LogP contribution in [0.1, 0.15) is 25.0 Å². The highest BCUT2D eigenvalue weighted by molar-refractivity contribution is 5.42. The van der Waals surface area contributed by atoms with Crippen LogP contribution in [0.15, 0.2) is 48.5 Å². The lowest BCUT2D eigenvalue weighted by atomic mass is 10.1. The normalized spacial score (nSPS) is 11.6. The van der Waals surface area contributed by atoms with E-state index in [9.17, 15) is 5.11 Å². The molecule has 0 aliphatic rings. The van der Waals surface area contributed by atoms with E-state index in [4.69, 9.17) is 9.47 Å². The Morgan fingerprint density at radius 2 is 1.50 bits per heavy atom. The Morgan fingerprint density at radius 1 is 0.875 bits per heavy atom. The highest BCUT2D eigenvalue weighted by atomic mass is 16.5. The average Bonchev–Trinajstić information content (AvgIpc) is 2.54. The third-order valence-corrected chi connectivity index (χ3v) is 3.71. The summed E-state index contributed by atoms with van der Waals surface area (Å²) < 4.78 is 10.7. The minimum absolute atomic E-state index is 0.580. The fourth-order valence-electron chi connectivity index (χ4n) is 2.79. The minimum Gasteiger partial charge on any atom is -0.493 e. The Kier molecular flexibility index (Phi) is 6.23. The molecule has 1 N–H and O–H groups in total. The number of aliphatic hydroxyl groups is 1. The molecule has 0 aromatic heterocycles. The molecule has 0 fully saturated rings. The van der Waals surface area contributed by atoms with Crippen molar-refractivity contribution in [3.8, 4) is 11.5 Å². The molecule has 0 amide bonds. The van der Waals surface area contributed by atoms with Crippen LogP contribution in [0.2, 0.25) is 0 Å². The van der Waals surface area contributed by atoms with Gasteiger partial charge in [0.2, 0.25) is 0 Å². The lowest BCUT2D eigenvalue weighted by molar-refractivity contribution is 0.0306. The van der Waals surface area contributed by atoms with Gasteiger partial charge in [0, 0.05) is 19.6 Å². The first kappa shape index (κ1) is 18.3. The number of nitrogens with zero attached hydrogens (tertiary/aromatic N) is 1. The van der Waals surface area contributed by atoms with Gasteiger partial charge in [-0.1, -0.05) is 36.4 Å². The van der Waals surface area contributed by atoms with Crippen molar-refractivity contribution in [2.24, 2.45) is 0 Å². The van der Waals surface area contributed by atoms with Crippen LogP contribution < -0.4 is 9.47 Å². The van der Waals surface area contributed by atoms with E-state index in [1.54, 1.807) is 14.2 Å². The molecule has 0 unspecified atom stereocenters. The standard InChI is InChI=1S/C20H27NO3/c1-20(2,22)15-21(13-16-8-6-5-7-9-16)14-17-10-11-18(23-3)19(12-17)24-4/h5-12,22H,13-15H2,1-4H3. The molecule has 0 spiro atoms. The van der Waals surface area contributed by atoms with Gasteiger partial charge in [0.05, 0.1) is 19.8 Å². The predicted molar refractivity (Wildman–Crippen MR) is 96.4 cm³/mol. The Bertz CT molecular complexity index is 635. The smallest absolute Gasteiger partial charge is 0.161 e. The quantitative estimate of drug-likeness (QED) is 0.805. The van der Waals surface area contributed by atoms with Crippen LogP contribution in [0.5, 0.6) is 11.5 Å². The first-order valence-corrected chi connectivity index (χ1v) is 8.11. The number of methoxy groups -OCH3 is 2. The van der Waals surface area contributed by atoms with Crippen molar-refractivity contribution in [2.75, 3.05) is 20.8 Å². The largest absolute Gasteiger partial charge is 0.493 e. The third kappa shape index (κ3) is 5.55. The topological polar surface area (TPSA) is 41.9 Å². The molecule has 24 heavy (non-hydrogen) atoms. The Morgan fingerprint density at radius 3 is 2.08 bits per heavy atom. The van der Waals surface area contributed by atoms with E-state index < -0.39 is 5.60 Å². The number of benzene rings is 2. The van der Waals surface area contributed by atoms with Crippen LogP contribution in [0, 0.1) is 0 Å². The van der Waals surface area contributed by atoms with Crippen LogP contribution in [-0.4, -0.2) is 36.4 Å². The molecule has 4 nitrogen and oxygen atoms in total. The first-order chi connectivity index (χ1) is 11.4. The van der Waals surface area contributed by atoms with Crippen LogP contribution >= 0.6 is 0 Å². The van der Waals surface area contributed by atoms with Crippen LogP contribution in [0.25, 0.3) is 0 Å². The Labute approximate surface area is 144 Å². The van der Waals surface area contributed by atoms with Crippen LogP contribution in [0.4, 0.5) is 0 Å². The molecular formula is C20H27NO3. The fraction of sp³-hybridized carbons (Fsp3) is 0.400. The van der Waals surface area contributed by atoms with Crippen molar-refractivity contribution in [1.29, 1.82) is 0 Å². The maximum Gasteiger partial charge on any atom is 0.161 e. The lowest BCUT2D eigenvalue weighted by Crippen LogP contribution is -2.37. The number of hydrogen-bond donors (Lipinski definition) is 1. The first-order valence-electron chi connectivity index (χ1n) is 8.11.